The van der Waals surface area contributed by atoms with E-state index in [2.05, 4.69) is 16.5 Å². The second-order valence-corrected chi connectivity index (χ2v) is 9.85. The molecule has 3 heterocycles. The number of nitrogens with zero attached hydrogens (tertiary/aromatic N) is 5. The van der Waals surface area contributed by atoms with Gasteiger partial charge in [0, 0.05) is 30.6 Å². The zero-order valence-corrected chi connectivity index (χ0v) is 21.9. The maximum Gasteiger partial charge on any atom is 0.419 e. The van der Waals surface area contributed by atoms with Gasteiger partial charge in [0.1, 0.15) is 23.7 Å². The number of nitrogens with two attached hydrogens (primary N) is 1. The van der Waals surface area contributed by atoms with Gasteiger partial charge in [-0.2, -0.15) is 18.3 Å². The maximum absolute atomic E-state index is 13.6. The highest BCUT2D eigenvalue weighted by molar-refractivity contribution is 5.98. The van der Waals surface area contributed by atoms with Crippen molar-refractivity contribution in [3.63, 3.8) is 0 Å². The van der Waals surface area contributed by atoms with E-state index < -0.39 is 23.3 Å². The molecule has 8 nitrogen and oxygen atoms in total. The molecular formula is C29H26F4N6O2. The number of benzene rings is 2. The highest BCUT2D eigenvalue weighted by Crippen LogP contribution is 2.34. The number of carbonyl (C=O) groups excluding carboxylic acids is 2. The number of halogens is 4. The molecule has 1 atom stereocenters. The number of ketones is 1. The van der Waals surface area contributed by atoms with Crippen molar-refractivity contribution < 1.29 is 27.2 Å². The molecule has 0 bridgehead atoms. The summed E-state index contributed by atoms with van der Waals surface area (Å²) in [7, 11) is 0. The second kappa shape index (κ2) is 11.1. The molecular weight excluding hydrogens is 540 g/mol. The first-order valence-electron chi connectivity index (χ1n) is 13.0. The Morgan fingerprint density at radius 2 is 1.88 bits per heavy atom. The SMILES string of the molecule is C=CC(=O)N1CCC[C@@H](n2nc(-c3ccc(CCC(=O)c4ccc(F)c(C(F)(F)F)c4)cc3)c3c(N)ncnc32)C1. The van der Waals surface area contributed by atoms with Gasteiger partial charge in [-0.25, -0.2) is 19.0 Å². The van der Waals surface area contributed by atoms with Crippen molar-refractivity contribution in [2.24, 2.45) is 0 Å². The molecule has 1 amide bonds. The Morgan fingerprint density at radius 1 is 1.12 bits per heavy atom. The summed E-state index contributed by atoms with van der Waals surface area (Å²) in [6.45, 7) is 4.67. The molecule has 4 aromatic rings. The number of fused-ring (bicyclic) bond motifs is 1. The Kier molecular flexibility index (Phi) is 7.57. The number of amides is 1. The van der Waals surface area contributed by atoms with Crippen LogP contribution in [0.3, 0.4) is 0 Å². The van der Waals surface area contributed by atoms with Gasteiger partial charge in [0.15, 0.2) is 11.4 Å². The number of rotatable bonds is 7. The Balaban J connectivity index is 1.36. The third kappa shape index (κ3) is 5.67. The lowest BCUT2D eigenvalue weighted by Gasteiger charge is -2.32. The van der Waals surface area contributed by atoms with Crippen molar-refractivity contribution in [2.75, 3.05) is 18.8 Å². The van der Waals surface area contributed by atoms with E-state index in [4.69, 9.17) is 10.8 Å². The first-order chi connectivity index (χ1) is 19.6. The van der Waals surface area contributed by atoms with Gasteiger partial charge in [0.05, 0.1) is 17.0 Å². The van der Waals surface area contributed by atoms with E-state index in [0.29, 0.717) is 41.9 Å². The first-order valence-corrected chi connectivity index (χ1v) is 13.0. The highest BCUT2D eigenvalue weighted by atomic mass is 19.4. The Hall–Kier alpha value is -4.61. The molecule has 0 aliphatic carbocycles. The summed E-state index contributed by atoms with van der Waals surface area (Å²) in [6.07, 6.45) is -0.411. The molecule has 41 heavy (non-hydrogen) atoms. The van der Waals surface area contributed by atoms with E-state index in [-0.39, 0.29) is 36.2 Å². The van der Waals surface area contributed by atoms with Gasteiger partial charge < -0.3 is 10.6 Å². The molecule has 212 valence electrons. The summed E-state index contributed by atoms with van der Waals surface area (Å²) < 4.78 is 54.4. The van der Waals surface area contributed by atoms with Crippen LogP contribution in [0.1, 0.15) is 46.8 Å². The minimum absolute atomic E-state index is 0.0533. The van der Waals surface area contributed by atoms with Crippen LogP contribution < -0.4 is 5.73 Å². The third-order valence-electron chi connectivity index (χ3n) is 7.21. The van der Waals surface area contributed by atoms with Gasteiger partial charge in [-0.15, -0.1) is 0 Å². The van der Waals surface area contributed by atoms with E-state index in [1.807, 2.05) is 12.1 Å². The number of anilines is 1. The molecule has 2 N–H and O–H groups in total. The van der Waals surface area contributed by atoms with Crippen LogP contribution in [0.2, 0.25) is 0 Å². The topological polar surface area (TPSA) is 107 Å². The highest BCUT2D eigenvalue weighted by Gasteiger charge is 2.34. The number of hydrogen-bond donors (Lipinski definition) is 1. The molecule has 0 radical (unpaired) electrons. The fraction of sp³-hybridized carbons (Fsp3) is 0.276. The predicted molar refractivity (Wildman–Crippen MR) is 144 cm³/mol. The summed E-state index contributed by atoms with van der Waals surface area (Å²) in [5, 5.41) is 5.42. The average molecular weight is 567 g/mol. The largest absolute Gasteiger partial charge is 0.419 e. The van der Waals surface area contributed by atoms with Gasteiger partial charge in [0.25, 0.3) is 0 Å². The lowest BCUT2D eigenvalue weighted by molar-refractivity contribution is -0.140. The number of alkyl halides is 3. The smallest absolute Gasteiger partial charge is 0.383 e. The third-order valence-corrected chi connectivity index (χ3v) is 7.21. The quantitative estimate of drug-likeness (QED) is 0.182. The number of nitrogen functional groups attached to an aromatic ring is 1. The van der Waals surface area contributed by atoms with Crippen LogP contribution in [-0.2, 0) is 17.4 Å². The molecule has 0 saturated carbocycles. The zero-order valence-electron chi connectivity index (χ0n) is 21.9. The molecule has 0 unspecified atom stereocenters. The van der Waals surface area contributed by atoms with Gasteiger partial charge in [-0.05, 0) is 49.1 Å². The standard InChI is InChI=1S/C29H26F4N6O2/c1-2-24(41)38-13-3-4-20(15-38)39-28-25(27(34)35-16-36-28)26(37-39)18-8-5-17(6-9-18)7-12-23(40)19-10-11-22(30)21(14-19)29(31,32)33/h2,5-6,8-11,14,16,20H,1,3-4,7,12-13,15H2,(H2,34,35,36)/t20-/m1/s1. The summed E-state index contributed by atoms with van der Waals surface area (Å²) >= 11 is 0. The van der Waals surface area contributed by atoms with Crippen LogP contribution in [-0.4, -0.2) is 49.4 Å². The molecule has 1 aliphatic heterocycles. The van der Waals surface area contributed by atoms with Crippen molar-refractivity contribution in [3.05, 3.63) is 84.0 Å². The number of Topliss-reactive ketones (excluding diaryl/α,β-unsaturated/α-hetero) is 1. The van der Waals surface area contributed by atoms with Crippen LogP contribution in [0.5, 0.6) is 0 Å². The molecule has 5 rings (SSSR count). The van der Waals surface area contributed by atoms with Crippen molar-refractivity contribution >= 4 is 28.5 Å². The molecule has 1 fully saturated rings. The Morgan fingerprint density at radius 3 is 2.59 bits per heavy atom. The van der Waals surface area contributed by atoms with Gasteiger partial charge in [0.2, 0.25) is 5.91 Å². The summed E-state index contributed by atoms with van der Waals surface area (Å²) in [4.78, 5) is 35.1. The molecule has 2 aromatic heterocycles. The lowest BCUT2D eigenvalue weighted by Crippen LogP contribution is -2.40. The maximum atomic E-state index is 13.6. The molecule has 0 spiro atoms. The van der Waals surface area contributed by atoms with Gasteiger partial charge in [-0.3, -0.25) is 9.59 Å². The number of likely N-dealkylation sites (tertiary alicyclic amines) is 1. The lowest BCUT2D eigenvalue weighted by atomic mass is 9.99. The van der Waals surface area contributed by atoms with Crippen LogP contribution in [0.25, 0.3) is 22.3 Å². The summed E-state index contributed by atoms with van der Waals surface area (Å²) in [5.41, 5.74) is 7.20. The van der Waals surface area contributed by atoms with Crippen molar-refractivity contribution in [2.45, 2.75) is 37.9 Å². The monoisotopic (exact) mass is 566 g/mol. The van der Waals surface area contributed by atoms with Crippen molar-refractivity contribution in [3.8, 4) is 11.3 Å². The Bertz CT molecular complexity index is 1630. The fourth-order valence-electron chi connectivity index (χ4n) is 5.08. The zero-order chi connectivity index (χ0) is 29.3. The average Bonchev–Trinajstić information content (AvgIpc) is 3.36. The van der Waals surface area contributed by atoms with E-state index in [1.165, 1.54) is 12.4 Å². The normalized spacial score (nSPS) is 15.7. The number of piperidine rings is 1. The summed E-state index contributed by atoms with van der Waals surface area (Å²) in [6, 6.07) is 9.36. The van der Waals surface area contributed by atoms with Gasteiger partial charge >= 0.3 is 6.18 Å². The molecule has 1 aliphatic rings. The van der Waals surface area contributed by atoms with E-state index in [9.17, 15) is 27.2 Å². The molecule has 12 heteroatoms. The predicted octanol–water partition coefficient (Wildman–Crippen LogP) is 5.40. The minimum atomic E-state index is -4.89. The molecule has 2 aromatic carbocycles. The minimum Gasteiger partial charge on any atom is -0.383 e. The van der Waals surface area contributed by atoms with E-state index in [1.54, 1.807) is 21.7 Å². The summed E-state index contributed by atoms with van der Waals surface area (Å²) in [5.74, 6) is -1.82. The van der Waals surface area contributed by atoms with Crippen LogP contribution >= 0.6 is 0 Å². The van der Waals surface area contributed by atoms with E-state index in [0.717, 1.165) is 30.0 Å². The number of carbonyl (C=O) groups is 2. The molecule has 1 saturated heterocycles. The van der Waals surface area contributed by atoms with E-state index >= 15 is 0 Å². The number of hydrogen-bond acceptors (Lipinski definition) is 6. The van der Waals surface area contributed by atoms with Crippen LogP contribution in [0.15, 0.2) is 61.4 Å². The second-order valence-electron chi connectivity index (χ2n) is 9.85. The number of aromatic nitrogens is 4. The van der Waals surface area contributed by atoms with Crippen molar-refractivity contribution in [1.82, 2.24) is 24.6 Å². The van der Waals surface area contributed by atoms with Gasteiger partial charge in [-0.1, -0.05) is 30.8 Å². The Labute approximate surface area is 232 Å². The van der Waals surface area contributed by atoms with Crippen molar-refractivity contribution in [1.29, 1.82) is 0 Å². The number of aryl methyl sites for hydroxylation is 1. The fourth-order valence-corrected chi connectivity index (χ4v) is 5.08. The van der Waals surface area contributed by atoms with Crippen LogP contribution in [0, 0.1) is 5.82 Å². The first kappa shape index (κ1) is 27.9. The van der Waals surface area contributed by atoms with Crippen LogP contribution in [0.4, 0.5) is 23.4 Å².